The molecule has 4 heteroatoms. The van der Waals surface area contributed by atoms with E-state index in [0.717, 1.165) is 25.7 Å². The van der Waals surface area contributed by atoms with Crippen LogP contribution in [-0.4, -0.2) is 23.1 Å². The maximum absolute atomic E-state index is 12.1. The van der Waals surface area contributed by atoms with E-state index >= 15 is 0 Å². The zero-order valence-electron chi connectivity index (χ0n) is 19.4. The van der Waals surface area contributed by atoms with E-state index in [2.05, 4.69) is 13.8 Å². The molecule has 0 aromatic heterocycles. The first-order valence-corrected chi connectivity index (χ1v) is 12.5. The second kappa shape index (κ2) is 21.6. The van der Waals surface area contributed by atoms with Gasteiger partial charge in [-0.05, 0) is 19.3 Å². The van der Waals surface area contributed by atoms with Crippen molar-refractivity contribution in [2.24, 2.45) is 0 Å². The second-order valence-electron chi connectivity index (χ2n) is 8.55. The Bertz CT molecular complexity index is 381. The fraction of sp³-hybridized carbons (Fsp3) is 0.920. The highest BCUT2D eigenvalue weighted by molar-refractivity contribution is 5.71. The molecule has 0 amide bonds. The smallest absolute Gasteiger partial charge is 0.307 e. The predicted molar refractivity (Wildman–Crippen MR) is 121 cm³/mol. The Morgan fingerprint density at radius 3 is 1.52 bits per heavy atom. The Kier molecular flexibility index (Phi) is 20.9. The van der Waals surface area contributed by atoms with Gasteiger partial charge in [-0.3, -0.25) is 9.59 Å². The SMILES string of the molecule is CCCCCCCCCCCCC(=O)OC(CCCCCCCCC)CC(=O)O. The molecular weight excluding hydrogens is 364 g/mol. The van der Waals surface area contributed by atoms with E-state index in [9.17, 15) is 9.59 Å². The number of carboxylic acids is 1. The maximum atomic E-state index is 12.1. The Labute approximate surface area is 180 Å². The van der Waals surface area contributed by atoms with Gasteiger partial charge in [0.05, 0.1) is 6.42 Å². The fourth-order valence-corrected chi connectivity index (χ4v) is 3.73. The molecule has 1 atom stereocenters. The van der Waals surface area contributed by atoms with Crippen LogP contribution in [0.1, 0.15) is 142 Å². The van der Waals surface area contributed by atoms with E-state index in [4.69, 9.17) is 9.84 Å². The highest BCUT2D eigenvalue weighted by Gasteiger charge is 2.17. The highest BCUT2D eigenvalue weighted by atomic mass is 16.5. The van der Waals surface area contributed by atoms with Crippen LogP contribution in [0.3, 0.4) is 0 Å². The van der Waals surface area contributed by atoms with Gasteiger partial charge in [0.1, 0.15) is 6.10 Å². The van der Waals surface area contributed by atoms with Crippen LogP contribution in [0.5, 0.6) is 0 Å². The Balaban J connectivity index is 3.74. The Morgan fingerprint density at radius 1 is 0.655 bits per heavy atom. The summed E-state index contributed by atoms with van der Waals surface area (Å²) < 4.78 is 5.47. The van der Waals surface area contributed by atoms with Gasteiger partial charge in [-0.25, -0.2) is 0 Å². The van der Waals surface area contributed by atoms with Gasteiger partial charge in [0.15, 0.2) is 0 Å². The summed E-state index contributed by atoms with van der Waals surface area (Å²) in [5, 5.41) is 9.07. The van der Waals surface area contributed by atoms with E-state index in [1.165, 1.54) is 83.5 Å². The van der Waals surface area contributed by atoms with Crippen molar-refractivity contribution < 1.29 is 19.4 Å². The number of aliphatic carboxylic acids is 1. The average Bonchev–Trinajstić information content (AvgIpc) is 2.68. The zero-order chi connectivity index (χ0) is 21.6. The first kappa shape index (κ1) is 27.9. The van der Waals surface area contributed by atoms with Crippen molar-refractivity contribution in [1.82, 2.24) is 0 Å². The first-order valence-electron chi connectivity index (χ1n) is 12.5. The van der Waals surface area contributed by atoms with Gasteiger partial charge in [0.25, 0.3) is 0 Å². The van der Waals surface area contributed by atoms with Crippen LogP contribution in [0, 0.1) is 0 Å². The van der Waals surface area contributed by atoms with Crippen molar-refractivity contribution in [2.45, 2.75) is 148 Å². The van der Waals surface area contributed by atoms with E-state index in [1.807, 2.05) is 0 Å². The molecule has 0 fully saturated rings. The average molecular weight is 413 g/mol. The number of carboxylic acid groups (broad SMARTS) is 1. The van der Waals surface area contributed by atoms with Crippen molar-refractivity contribution in [3.63, 3.8) is 0 Å². The number of carbonyl (C=O) groups excluding carboxylic acids is 1. The quantitative estimate of drug-likeness (QED) is 0.145. The molecule has 0 aromatic rings. The van der Waals surface area contributed by atoms with Crippen molar-refractivity contribution >= 4 is 11.9 Å². The summed E-state index contributed by atoms with van der Waals surface area (Å²) in [6.45, 7) is 4.45. The zero-order valence-corrected chi connectivity index (χ0v) is 19.4. The van der Waals surface area contributed by atoms with Crippen LogP contribution in [0.15, 0.2) is 0 Å². The van der Waals surface area contributed by atoms with Gasteiger partial charge >= 0.3 is 11.9 Å². The number of ether oxygens (including phenoxy) is 1. The molecule has 0 heterocycles. The summed E-state index contributed by atoms with van der Waals surface area (Å²) in [7, 11) is 0. The van der Waals surface area contributed by atoms with E-state index in [0.29, 0.717) is 12.8 Å². The molecule has 0 saturated heterocycles. The molecule has 0 aromatic carbocycles. The summed E-state index contributed by atoms with van der Waals surface area (Å²) in [5.41, 5.74) is 0. The molecule has 172 valence electrons. The second-order valence-corrected chi connectivity index (χ2v) is 8.55. The fourth-order valence-electron chi connectivity index (χ4n) is 3.73. The lowest BCUT2D eigenvalue weighted by atomic mass is 10.0. The molecule has 0 rings (SSSR count). The first-order chi connectivity index (χ1) is 14.1. The lowest BCUT2D eigenvalue weighted by Gasteiger charge is -2.16. The summed E-state index contributed by atoms with van der Waals surface area (Å²) in [6, 6.07) is 0. The third kappa shape index (κ3) is 21.5. The lowest BCUT2D eigenvalue weighted by molar-refractivity contribution is -0.153. The van der Waals surface area contributed by atoms with Crippen molar-refractivity contribution in [3.05, 3.63) is 0 Å². The summed E-state index contributed by atoms with van der Waals surface area (Å²) >= 11 is 0. The van der Waals surface area contributed by atoms with Gasteiger partial charge in [-0.2, -0.15) is 0 Å². The van der Waals surface area contributed by atoms with Crippen molar-refractivity contribution in [1.29, 1.82) is 0 Å². The predicted octanol–water partition coefficient (Wildman–Crippen LogP) is 7.82. The molecule has 1 unspecified atom stereocenters. The molecule has 0 bridgehead atoms. The molecule has 0 aliphatic rings. The molecule has 29 heavy (non-hydrogen) atoms. The largest absolute Gasteiger partial charge is 0.481 e. The van der Waals surface area contributed by atoms with Gasteiger partial charge in [0, 0.05) is 6.42 Å². The third-order valence-electron chi connectivity index (χ3n) is 5.56. The minimum Gasteiger partial charge on any atom is -0.481 e. The molecule has 0 spiro atoms. The minimum absolute atomic E-state index is 0.0698. The number of unbranched alkanes of at least 4 members (excludes halogenated alkanes) is 15. The number of esters is 1. The molecule has 1 N–H and O–H groups in total. The van der Waals surface area contributed by atoms with Gasteiger partial charge in [-0.1, -0.05) is 110 Å². The third-order valence-corrected chi connectivity index (χ3v) is 5.56. The molecule has 0 aliphatic carbocycles. The Morgan fingerprint density at radius 2 is 1.07 bits per heavy atom. The molecule has 0 saturated carbocycles. The molecule has 4 nitrogen and oxygen atoms in total. The van der Waals surface area contributed by atoms with E-state index in [1.54, 1.807) is 0 Å². The van der Waals surface area contributed by atoms with Crippen LogP contribution in [0.25, 0.3) is 0 Å². The van der Waals surface area contributed by atoms with Gasteiger partial charge in [-0.15, -0.1) is 0 Å². The monoisotopic (exact) mass is 412 g/mol. The summed E-state index contributed by atoms with van der Waals surface area (Å²) in [6.07, 6.45) is 21.2. The maximum Gasteiger partial charge on any atom is 0.307 e. The summed E-state index contributed by atoms with van der Waals surface area (Å²) in [5.74, 6) is -1.11. The molecule has 0 aliphatic heterocycles. The number of hydrogen-bond acceptors (Lipinski definition) is 3. The summed E-state index contributed by atoms with van der Waals surface area (Å²) in [4.78, 5) is 23.1. The number of rotatable bonds is 22. The van der Waals surface area contributed by atoms with Gasteiger partial charge in [0.2, 0.25) is 0 Å². The highest BCUT2D eigenvalue weighted by Crippen LogP contribution is 2.16. The van der Waals surface area contributed by atoms with Crippen LogP contribution >= 0.6 is 0 Å². The van der Waals surface area contributed by atoms with Crippen molar-refractivity contribution in [2.75, 3.05) is 0 Å². The van der Waals surface area contributed by atoms with Crippen molar-refractivity contribution in [3.8, 4) is 0 Å². The van der Waals surface area contributed by atoms with Crippen LogP contribution in [-0.2, 0) is 14.3 Å². The topological polar surface area (TPSA) is 63.6 Å². The van der Waals surface area contributed by atoms with E-state index in [-0.39, 0.29) is 12.4 Å². The van der Waals surface area contributed by atoms with Crippen LogP contribution in [0.2, 0.25) is 0 Å². The number of carbonyl (C=O) groups is 2. The van der Waals surface area contributed by atoms with Crippen LogP contribution in [0.4, 0.5) is 0 Å². The molecular formula is C25H48O4. The van der Waals surface area contributed by atoms with E-state index < -0.39 is 12.1 Å². The molecule has 0 radical (unpaired) electrons. The normalized spacial score (nSPS) is 12.1. The minimum atomic E-state index is -0.885. The van der Waals surface area contributed by atoms with Crippen LogP contribution < -0.4 is 0 Å². The number of hydrogen-bond donors (Lipinski definition) is 1. The van der Waals surface area contributed by atoms with Gasteiger partial charge < -0.3 is 9.84 Å². The lowest BCUT2D eigenvalue weighted by Crippen LogP contribution is -2.21. The standard InChI is InChI=1S/C25H48O4/c1-3-5-7-9-11-12-13-15-17-19-21-25(28)29-23(22-24(26)27)20-18-16-14-10-8-6-4-2/h23H,3-22H2,1-2H3,(H,26,27). The Hall–Kier alpha value is -1.06.